The monoisotopic (exact) mass is 278 g/mol. The second kappa shape index (κ2) is 8.09. The van der Waals surface area contributed by atoms with Gasteiger partial charge < -0.3 is 10.1 Å². The molecule has 1 N–H and O–H groups in total. The Balaban J connectivity index is 2.40. The van der Waals surface area contributed by atoms with Crippen molar-refractivity contribution in [3.63, 3.8) is 0 Å². The molecule has 1 aliphatic rings. The van der Waals surface area contributed by atoms with E-state index in [9.17, 15) is 8.42 Å². The Labute approximate surface area is 111 Å². The van der Waals surface area contributed by atoms with Crippen LogP contribution in [-0.2, 0) is 14.8 Å². The van der Waals surface area contributed by atoms with Crippen LogP contribution in [0.15, 0.2) is 0 Å². The van der Waals surface area contributed by atoms with E-state index < -0.39 is 10.0 Å². The molecule has 1 unspecified atom stereocenters. The van der Waals surface area contributed by atoms with Crippen molar-refractivity contribution in [2.75, 3.05) is 45.6 Å². The van der Waals surface area contributed by atoms with E-state index in [1.54, 1.807) is 11.4 Å². The molecule has 1 aliphatic heterocycles. The molecule has 6 heteroatoms. The van der Waals surface area contributed by atoms with Crippen LogP contribution in [0, 0.1) is 5.92 Å². The fourth-order valence-corrected chi connectivity index (χ4v) is 3.95. The van der Waals surface area contributed by atoms with E-state index in [1.807, 2.05) is 6.92 Å². The average molecular weight is 278 g/mol. The van der Waals surface area contributed by atoms with Gasteiger partial charge in [0.25, 0.3) is 0 Å². The van der Waals surface area contributed by atoms with Crippen molar-refractivity contribution in [3.8, 4) is 0 Å². The molecule has 1 atom stereocenters. The van der Waals surface area contributed by atoms with Crippen molar-refractivity contribution in [2.24, 2.45) is 5.92 Å². The third-order valence-corrected chi connectivity index (χ3v) is 5.21. The van der Waals surface area contributed by atoms with Crippen molar-refractivity contribution in [2.45, 2.75) is 26.2 Å². The van der Waals surface area contributed by atoms with E-state index in [0.29, 0.717) is 32.0 Å². The molecule has 1 saturated heterocycles. The van der Waals surface area contributed by atoms with Crippen LogP contribution in [0.5, 0.6) is 0 Å². The van der Waals surface area contributed by atoms with E-state index in [1.165, 1.54) is 0 Å². The van der Waals surface area contributed by atoms with Gasteiger partial charge in [0.1, 0.15) is 0 Å². The molecule has 0 bridgehead atoms. The van der Waals surface area contributed by atoms with Gasteiger partial charge in [-0.3, -0.25) is 0 Å². The molecule has 0 radical (unpaired) electrons. The molecule has 0 saturated carbocycles. The summed E-state index contributed by atoms with van der Waals surface area (Å²) < 4.78 is 31.1. The number of hydrogen-bond acceptors (Lipinski definition) is 4. The first-order chi connectivity index (χ1) is 8.60. The number of nitrogens with one attached hydrogen (secondary N) is 1. The predicted octanol–water partition coefficient (Wildman–Crippen LogP) is 0.674. The van der Waals surface area contributed by atoms with E-state index >= 15 is 0 Å². The van der Waals surface area contributed by atoms with Crippen LogP contribution < -0.4 is 5.32 Å². The fraction of sp³-hybridized carbons (Fsp3) is 1.00. The van der Waals surface area contributed by atoms with E-state index in [4.69, 9.17) is 4.74 Å². The Hall–Kier alpha value is -0.170. The summed E-state index contributed by atoms with van der Waals surface area (Å²) in [6, 6.07) is 0. The Morgan fingerprint density at radius 2 is 2.22 bits per heavy atom. The van der Waals surface area contributed by atoms with Gasteiger partial charge in [0.2, 0.25) is 10.0 Å². The van der Waals surface area contributed by atoms with Gasteiger partial charge in [-0.2, -0.15) is 0 Å². The van der Waals surface area contributed by atoms with Crippen LogP contribution >= 0.6 is 0 Å². The molecular formula is C12H26N2O3S. The lowest BCUT2D eigenvalue weighted by atomic mass is 10.0. The number of nitrogens with zero attached hydrogens (tertiary/aromatic N) is 1. The summed E-state index contributed by atoms with van der Waals surface area (Å²) >= 11 is 0. The molecule has 5 nitrogen and oxygen atoms in total. The summed E-state index contributed by atoms with van der Waals surface area (Å²) in [7, 11) is -1.41. The molecule has 0 aromatic carbocycles. The molecule has 18 heavy (non-hydrogen) atoms. The first kappa shape index (κ1) is 15.9. The third kappa shape index (κ3) is 5.22. The Morgan fingerprint density at radius 1 is 1.44 bits per heavy atom. The predicted molar refractivity (Wildman–Crippen MR) is 73.1 cm³/mol. The van der Waals surface area contributed by atoms with Crippen LogP contribution in [0.25, 0.3) is 0 Å². The van der Waals surface area contributed by atoms with Crippen LogP contribution in [0.1, 0.15) is 26.2 Å². The molecule has 1 rings (SSSR count). The number of piperidine rings is 1. The smallest absolute Gasteiger partial charge is 0.214 e. The Morgan fingerprint density at radius 3 is 2.89 bits per heavy atom. The maximum atomic E-state index is 12.2. The van der Waals surface area contributed by atoms with Crippen molar-refractivity contribution in [1.82, 2.24) is 9.62 Å². The maximum Gasteiger partial charge on any atom is 0.214 e. The number of ether oxygens (including phenoxy) is 1. The molecule has 0 spiro atoms. The largest absolute Gasteiger partial charge is 0.384 e. The lowest BCUT2D eigenvalue weighted by molar-refractivity contribution is 0.118. The fourth-order valence-electron chi connectivity index (χ4n) is 2.34. The van der Waals surface area contributed by atoms with Crippen molar-refractivity contribution < 1.29 is 13.2 Å². The summed E-state index contributed by atoms with van der Waals surface area (Å²) in [5.74, 6) is 0.604. The van der Waals surface area contributed by atoms with E-state index in [0.717, 1.165) is 25.9 Å². The minimum Gasteiger partial charge on any atom is -0.384 e. The summed E-state index contributed by atoms with van der Waals surface area (Å²) in [5.41, 5.74) is 0. The topological polar surface area (TPSA) is 58.6 Å². The lowest BCUT2D eigenvalue weighted by Gasteiger charge is -2.31. The van der Waals surface area contributed by atoms with Gasteiger partial charge in [-0.25, -0.2) is 12.7 Å². The van der Waals surface area contributed by atoms with Crippen molar-refractivity contribution in [3.05, 3.63) is 0 Å². The van der Waals surface area contributed by atoms with Crippen molar-refractivity contribution >= 4 is 10.0 Å². The molecule has 108 valence electrons. The molecule has 1 fully saturated rings. The van der Waals surface area contributed by atoms with Gasteiger partial charge >= 0.3 is 0 Å². The molecule has 1 heterocycles. The van der Waals surface area contributed by atoms with Gasteiger partial charge in [-0.1, -0.05) is 6.92 Å². The van der Waals surface area contributed by atoms with Gasteiger partial charge in [0.15, 0.2) is 0 Å². The normalized spacial score (nSPS) is 22.2. The molecule has 0 aliphatic carbocycles. The average Bonchev–Trinajstić information content (AvgIpc) is 2.36. The molecule has 0 amide bonds. The number of hydrogen-bond donors (Lipinski definition) is 1. The van der Waals surface area contributed by atoms with Crippen LogP contribution in [0.2, 0.25) is 0 Å². The Bertz CT molecular complexity index is 317. The minimum atomic E-state index is -3.08. The highest BCUT2D eigenvalue weighted by atomic mass is 32.2. The first-order valence-corrected chi connectivity index (χ1v) is 8.38. The second-order valence-electron chi connectivity index (χ2n) is 4.84. The standard InChI is InChI=1S/C12H26N2O3S/c1-3-13-7-5-9-18(15,16)14-8-4-6-12(10-14)11-17-2/h12-13H,3-11H2,1-2H3. The minimum absolute atomic E-state index is 0.250. The number of methoxy groups -OCH3 is 1. The third-order valence-electron chi connectivity index (χ3n) is 3.28. The Kier molecular flexibility index (Phi) is 7.14. The number of sulfonamides is 1. The zero-order chi connectivity index (χ0) is 13.4. The van der Waals surface area contributed by atoms with E-state index in [-0.39, 0.29) is 5.75 Å². The zero-order valence-electron chi connectivity index (χ0n) is 11.5. The molecular weight excluding hydrogens is 252 g/mol. The second-order valence-corrected chi connectivity index (χ2v) is 6.93. The highest BCUT2D eigenvalue weighted by Gasteiger charge is 2.28. The summed E-state index contributed by atoms with van der Waals surface area (Å²) in [6.45, 7) is 5.63. The van der Waals surface area contributed by atoms with Gasteiger partial charge in [0.05, 0.1) is 12.4 Å². The van der Waals surface area contributed by atoms with Gasteiger partial charge in [-0.05, 0) is 38.3 Å². The zero-order valence-corrected chi connectivity index (χ0v) is 12.3. The lowest BCUT2D eigenvalue weighted by Crippen LogP contribution is -2.42. The maximum absolute atomic E-state index is 12.2. The van der Waals surface area contributed by atoms with Gasteiger partial charge in [-0.15, -0.1) is 0 Å². The SMILES string of the molecule is CCNCCCS(=O)(=O)N1CCCC(COC)C1. The number of rotatable bonds is 8. The highest BCUT2D eigenvalue weighted by molar-refractivity contribution is 7.89. The molecule has 0 aromatic heterocycles. The van der Waals surface area contributed by atoms with Crippen LogP contribution in [-0.4, -0.2) is 58.4 Å². The van der Waals surface area contributed by atoms with Gasteiger partial charge in [0, 0.05) is 20.2 Å². The van der Waals surface area contributed by atoms with E-state index in [2.05, 4.69) is 5.32 Å². The summed E-state index contributed by atoms with van der Waals surface area (Å²) in [5, 5.41) is 3.15. The van der Waals surface area contributed by atoms with Crippen molar-refractivity contribution in [1.29, 1.82) is 0 Å². The van der Waals surface area contributed by atoms with Crippen LogP contribution in [0.4, 0.5) is 0 Å². The molecule has 0 aromatic rings. The quantitative estimate of drug-likeness (QED) is 0.663. The van der Waals surface area contributed by atoms with Crippen LogP contribution in [0.3, 0.4) is 0 Å². The first-order valence-electron chi connectivity index (χ1n) is 6.77. The highest BCUT2D eigenvalue weighted by Crippen LogP contribution is 2.19. The summed E-state index contributed by atoms with van der Waals surface area (Å²) in [4.78, 5) is 0. The summed E-state index contributed by atoms with van der Waals surface area (Å²) in [6.07, 6.45) is 2.69.